The minimum Gasteiger partial charge on any atom is -0.507 e. The zero-order chi connectivity index (χ0) is 14.1. The molecule has 1 aliphatic heterocycles. The second kappa shape index (κ2) is 3.60. The van der Waals surface area contributed by atoms with Crippen molar-refractivity contribution in [2.45, 2.75) is 0 Å². The number of hydrogen-bond acceptors (Lipinski definition) is 2. The van der Waals surface area contributed by atoms with Gasteiger partial charge >= 0.3 is 0 Å². The fourth-order valence-electron chi connectivity index (χ4n) is 3.31. The van der Waals surface area contributed by atoms with E-state index in [9.17, 15) is 5.11 Å². The monoisotopic (exact) mass is 292 g/mol. The van der Waals surface area contributed by atoms with Crippen molar-refractivity contribution in [1.29, 1.82) is 0 Å². The average molecular weight is 293 g/mol. The van der Waals surface area contributed by atoms with Crippen molar-refractivity contribution in [2.24, 2.45) is 0 Å². The maximum absolute atomic E-state index is 10.3. The van der Waals surface area contributed by atoms with Crippen LogP contribution in [0.4, 0.5) is 0 Å². The Morgan fingerprint density at radius 3 is 2.48 bits per heavy atom. The van der Waals surface area contributed by atoms with Crippen molar-refractivity contribution in [1.82, 2.24) is 0 Å². The Kier molecular flexibility index (Phi) is 1.93. The van der Waals surface area contributed by atoms with Gasteiger partial charge in [0.2, 0.25) is 0 Å². The lowest BCUT2D eigenvalue weighted by molar-refractivity contribution is 0.480. The molecular formula is C18H9ClO2. The van der Waals surface area contributed by atoms with E-state index in [1.807, 2.05) is 48.5 Å². The third-order valence-electron chi connectivity index (χ3n) is 4.14. The van der Waals surface area contributed by atoms with Crippen LogP contribution in [0.25, 0.3) is 32.3 Å². The van der Waals surface area contributed by atoms with E-state index in [1.54, 1.807) is 0 Å². The Morgan fingerprint density at radius 1 is 0.810 bits per heavy atom. The summed E-state index contributed by atoms with van der Waals surface area (Å²) in [4.78, 5) is 0. The molecule has 3 heteroatoms. The van der Waals surface area contributed by atoms with Crippen LogP contribution in [0.3, 0.4) is 0 Å². The first-order chi connectivity index (χ1) is 10.2. The highest BCUT2D eigenvalue weighted by Crippen LogP contribution is 2.49. The summed E-state index contributed by atoms with van der Waals surface area (Å²) in [6.07, 6.45) is 0. The van der Waals surface area contributed by atoms with Crippen molar-refractivity contribution in [2.75, 3.05) is 0 Å². The Balaban J connectivity index is 2.21. The Hall–Kier alpha value is -2.45. The quantitative estimate of drug-likeness (QED) is 0.376. The van der Waals surface area contributed by atoms with E-state index in [4.69, 9.17) is 16.3 Å². The van der Waals surface area contributed by atoms with Gasteiger partial charge in [0.05, 0.1) is 0 Å². The van der Waals surface area contributed by atoms with E-state index in [2.05, 4.69) is 0 Å². The molecule has 0 radical (unpaired) electrons. The van der Waals surface area contributed by atoms with Gasteiger partial charge in [-0.2, -0.15) is 0 Å². The molecule has 1 N–H and O–H groups in total. The van der Waals surface area contributed by atoms with Gasteiger partial charge in [-0.3, -0.25) is 0 Å². The van der Waals surface area contributed by atoms with Gasteiger partial charge < -0.3 is 9.84 Å². The van der Waals surface area contributed by atoms with Gasteiger partial charge in [0.15, 0.2) is 0 Å². The number of benzene rings is 4. The molecule has 2 nitrogen and oxygen atoms in total. The summed E-state index contributed by atoms with van der Waals surface area (Å²) in [5.41, 5.74) is 0. The zero-order valence-corrected chi connectivity index (χ0v) is 11.6. The molecular weight excluding hydrogens is 284 g/mol. The van der Waals surface area contributed by atoms with Gasteiger partial charge in [-0.05, 0) is 29.0 Å². The molecule has 0 unspecified atom stereocenters. The lowest BCUT2D eigenvalue weighted by Crippen LogP contribution is -1.95. The normalized spacial score (nSPS) is 12.6. The van der Waals surface area contributed by atoms with Crippen LogP contribution in [0.15, 0.2) is 48.5 Å². The number of rotatable bonds is 0. The molecule has 0 amide bonds. The summed E-state index contributed by atoms with van der Waals surface area (Å²) >= 11 is 6.18. The van der Waals surface area contributed by atoms with Gasteiger partial charge in [-0.15, -0.1) is 0 Å². The van der Waals surface area contributed by atoms with Crippen molar-refractivity contribution in [3.05, 3.63) is 53.6 Å². The zero-order valence-electron chi connectivity index (χ0n) is 10.9. The highest BCUT2D eigenvalue weighted by molar-refractivity contribution is 6.33. The van der Waals surface area contributed by atoms with Crippen LogP contribution in [0.2, 0.25) is 5.02 Å². The Bertz CT molecular complexity index is 1080. The maximum Gasteiger partial charge on any atom is 0.137 e. The SMILES string of the molecule is Oc1cc2ccc3cc(Cl)cc4c3c2c2c(cccc12)O4. The van der Waals surface area contributed by atoms with Gasteiger partial charge in [0.25, 0.3) is 0 Å². The van der Waals surface area contributed by atoms with Crippen molar-refractivity contribution in [3.63, 3.8) is 0 Å². The Labute approximate surface area is 125 Å². The first-order valence-corrected chi connectivity index (χ1v) is 7.09. The molecule has 0 bridgehead atoms. The molecule has 0 spiro atoms. The van der Waals surface area contributed by atoms with Crippen LogP contribution in [0.1, 0.15) is 0 Å². The molecule has 21 heavy (non-hydrogen) atoms. The average Bonchev–Trinajstić information content (AvgIpc) is 2.47. The number of phenolic OH excluding ortho intramolecular Hbond substituents is 1. The lowest BCUT2D eigenvalue weighted by Gasteiger charge is -2.21. The predicted molar refractivity (Wildman–Crippen MR) is 85.7 cm³/mol. The second-order valence-electron chi connectivity index (χ2n) is 5.34. The van der Waals surface area contributed by atoms with E-state index in [1.165, 1.54) is 0 Å². The highest BCUT2D eigenvalue weighted by atomic mass is 35.5. The van der Waals surface area contributed by atoms with E-state index >= 15 is 0 Å². The minimum absolute atomic E-state index is 0.278. The topological polar surface area (TPSA) is 29.5 Å². The van der Waals surface area contributed by atoms with Crippen LogP contribution in [-0.4, -0.2) is 5.11 Å². The van der Waals surface area contributed by atoms with Crippen LogP contribution < -0.4 is 4.74 Å². The second-order valence-corrected chi connectivity index (χ2v) is 5.78. The molecule has 1 heterocycles. The van der Waals surface area contributed by atoms with Crippen molar-refractivity contribution >= 4 is 43.9 Å². The standard InChI is InChI=1S/C18H9ClO2/c19-11-6-9-4-5-10-7-13(20)12-2-1-3-14-18(12)17(10)16(9)15(8-11)21-14/h1-8,20H. The summed E-state index contributed by atoms with van der Waals surface area (Å²) in [7, 11) is 0. The molecule has 0 saturated heterocycles. The number of halogens is 1. The summed E-state index contributed by atoms with van der Waals surface area (Å²) in [6.45, 7) is 0. The number of ether oxygens (including phenoxy) is 1. The van der Waals surface area contributed by atoms with Gasteiger partial charge in [-0.25, -0.2) is 0 Å². The van der Waals surface area contributed by atoms with E-state index in [0.29, 0.717) is 5.02 Å². The van der Waals surface area contributed by atoms with Crippen LogP contribution >= 0.6 is 11.6 Å². The fourth-order valence-corrected chi connectivity index (χ4v) is 3.53. The minimum atomic E-state index is 0.278. The van der Waals surface area contributed by atoms with E-state index < -0.39 is 0 Å². The molecule has 5 rings (SSSR count). The van der Waals surface area contributed by atoms with Crippen molar-refractivity contribution in [3.8, 4) is 17.2 Å². The number of phenols is 1. The Morgan fingerprint density at radius 2 is 1.62 bits per heavy atom. The summed E-state index contributed by atoms with van der Waals surface area (Å²) in [6, 6.07) is 15.3. The first-order valence-electron chi connectivity index (χ1n) is 6.71. The largest absolute Gasteiger partial charge is 0.507 e. The van der Waals surface area contributed by atoms with Crippen molar-refractivity contribution < 1.29 is 9.84 Å². The van der Waals surface area contributed by atoms with E-state index in [0.717, 1.165) is 43.8 Å². The molecule has 4 aromatic carbocycles. The first kappa shape index (κ1) is 11.2. The molecule has 0 aromatic heterocycles. The smallest absolute Gasteiger partial charge is 0.137 e. The molecule has 1 aliphatic rings. The maximum atomic E-state index is 10.3. The van der Waals surface area contributed by atoms with Crippen LogP contribution in [-0.2, 0) is 0 Å². The molecule has 0 atom stereocenters. The van der Waals surface area contributed by atoms with Crippen LogP contribution in [0, 0.1) is 0 Å². The summed E-state index contributed by atoms with van der Waals surface area (Å²) < 4.78 is 6.03. The lowest BCUT2D eigenvalue weighted by atomic mass is 9.93. The number of aromatic hydroxyl groups is 1. The molecule has 0 saturated carbocycles. The number of hydrogen-bond donors (Lipinski definition) is 1. The van der Waals surface area contributed by atoms with Gasteiger partial charge in [0.1, 0.15) is 17.2 Å². The predicted octanol–water partition coefficient (Wildman–Crippen LogP) is 5.61. The highest BCUT2D eigenvalue weighted by Gasteiger charge is 2.21. The summed E-state index contributed by atoms with van der Waals surface area (Å²) in [5.74, 6) is 1.81. The molecule has 0 fully saturated rings. The molecule has 4 aromatic rings. The molecule has 0 aliphatic carbocycles. The fraction of sp³-hybridized carbons (Fsp3) is 0. The molecule has 100 valence electrons. The van der Waals surface area contributed by atoms with Crippen LogP contribution in [0.5, 0.6) is 17.2 Å². The third kappa shape index (κ3) is 1.33. The third-order valence-corrected chi connectivity index (χ3v) is 4.36. The summed E-state index contributed by atoms with van der Waals surface area (Å²) in [5, 5.41) is 16.9. The van der Waals surface area contributed by atoms with E-state index in [-0.39, 0.29) is 5.75 Å². The van der Waals surface area contributed by atoms with Gasteiger partial charge in [-0.1, -0.05) is 35.9 Å². The van der Waals surface area contributed by atoms with Gasteiger partial charge in [0, 0.05) is 32.6 Å².